The van der Waals surface area contributed by atoms with Crippen LogP contribution in [0, 0.1) is 0 Å². The number of rotatable bonds is 5. The number of nitrogens with zero attached hydrogens (tertiary/aromatic N) is 4. The van der Waals surface area contributed by atoms with Crippen LogP contribution >= 0.6 is 0 Å². The molecule has 8 heteroatoms. The van der Waals surface area contributed by atoms with Gasteiger partial charge in [-0.15, -0.1) is 0 Å². The van der Waals surface area contributed by atoms with Gasteiger partial charge < -0.3 is 14.5 Å². The Kier molecular flexibility index (Phi) is 6.80. The Balaban J connectivity index is 2.19. The Bertz CT molecular complexity index is 686. The van der Waals surface area contributed by atoms with Gasteiger partial charge >= 0.3 is 0 Å². The van der Waals surface area contributed by atoms with E-state index < -0.39 is 10.0 Å². The highest BCUT2D eigenvalue weighted by Crippen LogP contribution is 2.17. The molecule has 1 aromatic carbocycles. The SMILES string of the molecule is CN(C)C(=NCc1ccccc1CS(=O)(=O)N1CCOCC1)N(C)C. The molecule has 0 atom stereocenters. The lowest BCUT2D eigenvalue weighted by Crippen LogP contribution is -2.41. The quantitative estimate of drug-likeness (QED) is 0.569. The molecule has 0 bridgehead atoms. The van der Waals surface area contributed by atoms with Crippen molar-refractivity contribution in [3.8, 4) is 0 Å². The average Bonchev–Trinajstić information content (AvgIpc) is 2.56. The highest BCUT2D eigenvalue weighted by Gasteiger charge is 2.25. The summed E-state index contributed by atoms with van der Waals surface area (Å²) in [5, 5.41) is 0. The van der Waals surface area contributed by atoms with Crippen LogP contribution in [0.25, 0.3) is 0 Å². The first-order chi connectivity index (χ1) is 11.8. The second-order valence-electron chi connectivity index (χ2n) is 6.44. The van der Waals surface area contributed by atoms with Crippen LogP contribution in [0.1, 0.15) is 11.1 Å². The number of hydrogen-bond acceptors (Lipinski definition) is 4. The number of sulfonamides is 1. The maximum atomic E-state index is 12.7. The summed E-state index contributed by atoms with van der Waals surface area (Å²) in [5.41, 5.74) is 1.73. The van der Waals surface area contributed by atoms with Crippen molar-refractivity contribution in [1.29, 1.82) is 0 Å². The van der Waals surface area contributed by atoms with Gasteiger partial charge in [0, 0.05) is 41.3 Å². The van der Waals surface area contributed by atoms with Crippen molar-refractivity contribution in [3.05, 3.63) is 35.4 Å². The third-order valence-corrected chi connectivity index (χ3v) is 5.84. The average molecular weight is 369 g/mol. The molecule has 1 aliphatic heterocycles. The fourth-order valence-electron chi connectivity index (χ4n) is 2.80. The fraction of sp³-hybridized carbons (Fsp3) is 0.588. The van der Waals surface area contributed by atoms with Crippen LogP contribution < -0.4 is 0 Å². The summed E-state index contributed by atoms with van der Waals surface area (Å²) in [6, 6.07) is 7.60. The molecule has 1 heterocycles. The third kappa shape index (κ3) is 5.42. The number of guanidine groups is 1. The topological polar surface area (TPSA) is 65.5 Å². The molecule has 0 N–H and O–H groups in total. The first-order valence-corrected chi connectivity index (χ1v) is 9.93. The Morgan fingerprint density at radius 2 is 1.64 bits per heavy atom. The van der Waals surface area contributed by atoms with E-state index >= 15 is 0 Å². The number of aliphatic imine (C=N–C) groups is 1. The summed E-state index contributed by atoms with van der Waals surface area (Å²) in [7, 11) is 4.41. The van der Waals surface area contributed by atoms with E-state index in [9.17, 15) is 8.42 Å². The molecule has 0 spiro atoms. The lowest BCUT2D eigenvalue weighted by Gasteiger charge is -2.26. The maximum Gasteiger partial charge on any atom is 0.218 e. The zero-order valence-corrected chi connectivity index (χ0v) is 16.3. The van der Waals surface area contributed by atoms with Gasteiger partial charge in [0.1, 0.15) is 0 Å². The van der Waals surface area contributed by atoms with E-state index in [-0.39, 0.29) is 5.75 Å². The van der Waals surface area contributed by atoms with Crippen LogP contribution in [-0.2, 0) is 27.1 Å². The molecular weight excluding hydrogens is 340 g/mol. The lowest BCUT2D eigenvalue weighted by atomic mass is 10.1. The molecule has 0 radical (unpaired) electrons. The molecule has 2 rings (SSSR count). The van der Waals surface area contributed by atoms with Crippen molar-refractivity contribution in [2.75, 3.05) is 54.5 Å². The molecule has 0 aromatic heterocycles. The van der Waals surface area contributed by atoms with Crippen molar-refractivity contribution in [2.24, 2.45) is 4.99 Å². The van der Waals surface area contributed by atoms with E-state index in [1.807, 2.05) is 62.3 Å². The van der Waals surface area contributed by atoms with Crippen LogP contribution in [0.15, 0.2) is 29.3 Å². The van der Waals surface area contributed by atoms with Gasteiger partial charge in [0.2, 0.25) is 10.0 Å². The normalized spacial score (nSPS) is 15.7. The predicted molar refractivity (Wildman–Crippen MR) is 100.0 cm³/mol. The number of morpholine rings is 1. The van der Waals surface area contributed by atoms with E-state index in [1.165, 1.54) is 4.31 Å². The van der Waals surface area contributed by atoms with Crippen LogP contribution in [0.5, 0.6) is 0 Å². The molecule has 7 nitrogen and oxygen atoms in total. The van der Waals surface area contributed by atoms with Crippen molar-refractivity contribution in [1.82, 2.24) is 14.1 Å². The molecule has 1 saturated heterocycles. The van der Waals surface area contributed by atoms with Crippen LogP contribution in [-0.4, -0.2) is 83.0 Å². The Morgan fingerprint density at radius 3 is 2.20 bits per heavy atom. The van der Waals surface area contributed by atoms with Gasteiger partial charge in [0.05, 0.1) is 25.5 Å². The lowest BCUT2D eigenvalue weighted by molar-refractivity contribution is 0.0729. The molecule has 0 unspecified atom stereocenters. The Labute approximate surface area is 150 Å². The van der Waals surface area contributed by atoms with Gasteiger partial charge in [-0.2, -0.15) is 4.31 Å². The molecule has 1 aromatic rings. The van der Waals surface area contributed by atoms with Crippen molar-refractivity contribution in [3.63, 3.8) is 0 Å². The van der Waals surface area contributed by atoms with Crippen LogP contribution in [0.2, 0.25) is 0 Å². The number of benzene rings is 1. The van der Waals surface area contributed by atoms with Gasteiger partial charge in [0.15, 0.2) is 5.96 Å². The molecular formula is C17H28N4O3S. The Hall–Kier alpha value is -1.64. The van der Waals surface area contributed by atoms with Crippen LogP contribution in [0.3, 0.4) is 0 Å². The molecule has 0 aliphatic carbocycles. The van der Waals surface area contributed by atoms with Crippen LogP contribution in [0.4, 0.5) is 0 Å². The first-order valence-electron chi connectivity index (χ1n) is 8.32. The van der Waals surface area contributed by atoms with Gasteiger partial charge in [-0.05, 0) is 11.1 Å². The van der Waals surface area contributed by atoms with E-state index in [1.54, 1.807) is 0 Å². The number of ether oxygens (including phenoxy) is 1. The van der Waals surface area contributed by atoms with E-state index in [4.69, 9.17) is 4.74 Å². The summed E-state index contributed by atoms with van der Waals surface area (Å²) in [6.45, 7) is 2.21. The summed E-state index contributed by atoms with van der Waals surface area (Å²) < 4.78 is 32.1. The smallest absolute Gasteiger partial charge is 0.218 e. The predicted octanol–water partition coefficient (Wildman–Crippen LogP) is 0.828. The van der Waals surface area contributed by atoms with E-state index in [0.29, 0.717) is 32.8 Å². The van der Waals surface area contributed by atoms with Crippen molar-refractivity contribution >= 4 is 16.0 Å². The second kappa shape index (κ2) is 8.64. The monoisotopic (exact) mass is 368 g/mol. The fourth-order valence-corrected chi connectivity index (χ4v) is 4.37. The summed E-state index contributed by atoms with van der Waals surface area (Å²) in [4.78, 5) is 8.51. The van der Waals surface area contributed by atoms with Crippen molar-refractivity contribution < 1.29 is 13.2 Å². The highest BCUT2D eigenvalue weighted by atomic mass is 32.2. The van der Waals surface area contributed by atoms with E-state index in [0.717, 1.165) is 17.1 Å². The first kappa shape index (κ1) is 19.7. The molecule has 0 amide bonds. The molecule has 1 fully saturated rings. The maximum absolute atomic E-state index is 12.7. The molecule has 140 valence electrons. The van der Waals surface area contributed by atoms with Gasteiger partial charge in [-0.1, -0.05) is 24.3 Å². The van der Waals surface area contributed by atoms with Crippen molar-refractivity contribution in [2.45, 2.75) is 12.3 Å². The van der Waals surface area contributed by atoms with Gasteiger partial charge in [-0.3, -0.25) is 0 Å². The summed E-state index contributed by atoms with van der Waals surface area (Å²) in [6.07, 6.45) is 0. The minimum absolute atomic E-state index is 0.00203. The highest BCUT2D eigenvalue weighted by molar-refractivity contribution is 7.88. The third-order valence-electron chi connectivity index (χ3n) is 4.01. The van der Waals surface area contributed by atoms with Gasteiger partial charge in [0.25, 0.3) is 0 Å². The molecule has 1 aliphatic rings. The Morgan fingerprint density at radius 1 is 1.08 bits per heavy atom. The zero-order chi connectivity index (χ0) is 18.4. The molecule has 0 saturated carbocycles. The minimum atomic E-state index is -3.35. The molecule has 25 heavy (non-hydrogen) atoms. The number of hydrogen-bond donors (Lipinski definition) is 0. The van der Waals surface area contributed by atoms with Gasteiger partial charge in [-0.25, -0.2) is 13.4 Å². The standard InChI is InChI=1S/C17H28N4O3S/c1-19(2)17(20(3)4)18-13-15-7-5-6-8-16(15)14-25(22,23)21-9-11-24-12-10-21/h5-8H,9-14H2,1-4H3. The zero-order valence-electron chi connectivity index (χ0n) is 15.5. The summed E-state index contributed by atoms with van der Waals surface area (Å²) >= 11 is 0. The van der Waals surface area contributed by atoms with E-state index in [2.05, 4.69) is 4.99 Å². The second-order valence-corrected chi connectivity index (χ2v) is 8.41. The largest absolute Gasteiger partial charge is 0.379 e. The summed E-state index contributed by atoms with van der Waals surface area (Å²) in [5.74, 6) is 0.837. The minimum Gasteiger partial charge on any atom is -0.379 e.